The summed E-state index contributed by atoms with van der Waals surface area (Å²) in [7, 11) is 0. The fourth-order valence-electron chi connectivity index (χ4n) is 0.927. The van der Waals surface area contributed by atoms with Crippen LogP contribution in [0, 0.1) is 11.3 Å². The topological polar surface area (TPSA) is 45.9 Å². The van der Waals surface area contributed by atoms with E-state index in [9.17, 15) is 0 Å². The van der Waals surface area contributed by atoms with Crippen LogP contribution in [0.5, 0.6) is 5.88 Å². The lowest BCUT2D eigenvalue weighted by Crippen LogP contribution is -2.03. The Hall–Kier alpha value is -0.980. The zero-order valence-electron chi connectivity index (χ0n) is 7.33. The van der Waals surface area contributed by atoms with Gasteiger partial charge in [-0.2, -0.15) is 5.26 Å². The van der Waals surface area contributed by atoms with Gasteiger partial charge < -0.3 is 4.74 Å². The van der Waals surface area contributed by atoms with Crippen molar-refractivity contribution in [3.05, 3.63) is 22.8 Å². The van der Waals surface area contributed by atoms with Crippen LogP contribution in [0.3, 0.4) is 0 Å². The number of rotatable bonds is 4. The molecule has 0 saturated heterocycles. The van der Waals surface area contributed by atoms with Crippen molar-refractivity contribution < 1.29 is 4.74 Å². The largest absolute Gasteiger partial charge is 0.476 e. The van der Waals surface area contributed by atoms with Crippen LogP contribution in [0.2, 0.25) is 5.15 Å². The molecule has 0 atom stereocenters. The van der Waals surface area contributed by atoms with Gasteiger partial charge in [0.05, 0.1) is 18.4 Å². The van der Waals surface area contributed by atoms with Crippen molar-refractivity contribution in [3.8, 4) is 11.9 Å². The van der Waals surface area contributed by atoms with E-state index in [-0.39, 0.29) is 6.42 Å². The van der Waals surface area contributed by atoms with Crippen LogP contribution < -0.4 is 4.74 Å². The minimum atomic E-state index is 0.252. The normalized spacial score (nSPS) is 9.50. The summed E-state index contributed by atoms with van der Waals surface area (Å²) in [5.41, 5.74) is 0.724. The Kier molecular flexibility index (Phi) is 4.51. The van der Waals surface area contributed by atoms with E-state index in [4.69, 9.17) is 33.2 Å². The first-order chi connectivity index (χ1) is 6.77. The standard InChI is InChI=1S/C9H8Cl2N2O/c10-4-6-14-9-7(3-5-12)1-2-8(11)13-9/h1-2H,3-4,6H2. The highest BCUT2D eigenvalue weighted by Crippen LogP contribution is 2.19. The smallest absolute Gasteiger partial charge is 0.219 e. The lowest BCUT2D eigenvalue weighted by atomic mass is 10.2. The maximum atomic E-state index is 8.55. The number of alkyl halides is 1. The molecule has 0 aliphatic heterocycles. The van der Waals surface area contributed by atoms with E-state index in [1.807, 2.05) is 6.07 Å². The third-order valence-corrected chi connectivity index (χ3v) is 1.86. The van der Waals surface area contributed by atoms with Crippen molar-refractivity contribution in [1.82, 2.24) is 4.98 Å². The molecule has 14 heavy (non-hydrogen) atoms. The van der Waals surface area contributed by atoms with Gasteiger partial charge >= 0.3 is 0 Å². The summed E-state index contributed by atoms with van der Waals surface area (Å²) in [5.74, 6) is 0.764. The number of hydrogen-bond acceptors (Lipinski definition) is 3. The summed E-state index contributed by atoms with van der Waals surface area (Å²) in [6, 6.07) is 5.38. The van der Waals surface area contributed by atoms with Crippen molar-refractivity contribution in [3.63, 3.8) is 0 Å². The Bertz CT molecular complexity index is 349. The zero-order valence-corrected chi connectivity index (χ0v) is 8.85. The molecule has 1 heterocycles. The monoisotopic (exact) mass is 230 g/mol. The molecule has 0 aromatic carbocycles. The number of hydrogen-bond donors (Lipinski definition) is 0. The van der Waals surface area contributed by atoms with Crippen LogP contribution in [0.25, 0.3) is 0 Å². The van der Waals surface area contributed by atoms with Gasteiger partial charge in [-0.3, -0.25) is 0 Å². The van der Waals surface area contributed by atoms with Crippen molar-refractivity contribution in [2.45, 2.75) is 6.42 Å². The van der Waals surface area contributed by atoms with Crippen LogP contribution in [0.15, 0.2) is 12.1 Å². The molecule has 1 aromatic heterocycles. The average molecular weight is 231 g/mol. The third kappa shape index (κ3) is 3.06. The lowest BCUT2D eigenvalue weighted by molar-refractivity contribution is 0.326. The summed E-state index contributed by atoms with van der Waals surface area (Å²) in [6.45, 7) is 0.354. The van der Waals surface area contributed by atoms with Crippen LogP contribution in [0.4, 0.5) is 0 Å². The van der Waals surface area contributed by atoms with Crippen LogP contribution in [-0.2, 0) is 6.42 Å². The molecule has 0 radical (unpaired) electrons. The fourth-order valence-corrected chi connectivity index (χ4v) is 1.14. The average Bonchev–Trinajstić information content (AvgIpc) is 2.18. The molecule has 0 saturated carbocycles. The van der Waals surface area contributed by atoms with Gasteiger partial charge in [0.25, 0.3) is 0 Å². The number of pyridine rings is 1. The van der Waals surface area contributed by atoms with Gasteiger partial charge in [-0.1, -0.05) is 11.6 Å². The number of ether oxygens (including phenoxy) is 1. The van der Waals surface area contributed by atoms with Gasteiger partial charge in [-0.15, -0.1) is 11.6 Å². The zero-order chi connectivity index (χ0) is 10.4. The molecule has 0 aliphatic carbocycles. The maximum absolute atomic E-state index is 8.55. The van der Waals surface area contributed by atoms with Gasteiger partial charge in [-0.05, 0) is 12.1 Å². The molecule has 0 amide bonds. The molecule has 74 valence electrons. The second-order valence-corrected chi connectivity index (χ2v) is 3.24. The second-order valence-electron chi connectivity index (χ2n) is 2.47. The Balaban J connectivity index is 2.86. The summed E-state index contributed by atoms with van der Waals surface area (Å²) >= 11 is 11.2. The van der Waals surface area contributed by atoms with E-state index in [2.05, 4.69) is 4.98 Å². The van der Waals surface area contributed by atoms with Gasteiger partial charge in [0.2, 0.25) is 5.88 Å². The van der Waals surface area contributed by atoms with E-state index in [0.29, 0.717) is 23.5 Å². The van der Waals surface area contributed by atoms with E-state index in [1.165, 1.54) is 0 Å². The molecule has 0 unspecified atom stereocenters. The van der Waals surface area contributed by atoms with E-state index < -0.39 is 0 Å². The first kappa shape index (κ1) is 11.1. The highest BCUT2D eigenvalue weighted by Gasteiger charge is 2.05. The number of halogens is 2. The molecule has 0 fully saturated rings. The van der Waals surface area contributed by atoms with Crippen LogP contribution in [-0.4, -0.2) is 17.5 Å². The van der Waals surface area contributed by atoms with Crippen molar-refractivity contribution >= 4 is 23.2 Å². The summed E-state index contributed by atoms with van der Waals surface area (Å²) in [4.78, 5) is 3.96. The highest BCUT2D eigenvalue weighted by atomic mass is 35.5. The summed E-state index contributed by atoms with van der Waals surface area (Å²) in [6.07, 6.45) is 0.252. The third-order valence-electron chi connectivity index (χ3n) is 1.49. The molecule has 0 N–H and O–H groups in total. The Morgan fingerprint density at radius 2 is 2.29 bits per heavy atom. The molecule has 0 aliphatic rings. The van der Waals surface area contributed by atoms with Crippen LogP contribution in [0.1, 0.15) is 5.56 Å². The molecule has 1 aromatic rings. The van der Waals surface area contributed by atoms with Gasteiger partial charge in [-0.25, -0.2) is 4.98 Å². The van der Waals surface area contributed by atoms with E-state index >= 15 is 0 Å². The number of nitrogens with zero attached hydrogens (tertiary/aromatic N) is 2. The fraction of sp³-hybridized carbons (Fsp3) is 0.333. The molecule has 0 bridgehead atoms. The van der Waals surface area contributed by atoms with E-state index in [0.717, 1.165) is 5.56 Å². The molecule has 0 spiro atoms. The molecule has 5 heteroatoms. The Labute approximate surface area is 92.2 Å². The van der Waals surface area contributed by atoms with Crippen molar-refractivity contribution in [1.29, 1.82) is 5.26 Å². The van der Waals surface area contributed by atoms with Gasteiger partial charge in [0.1, 0.15) is 11.8 Å². The van der Waals surface area contributed by atoms with Crippen LogP contribution >= 0.6 is 23.2 Å². The molecule has 1 rings (SSSR count). The predicted octanol–water partition coefficient (Wildman–Crippen LogP) is 2.42. The minimum absolute atomic E-state index is 0.252. The first-order valence-corrected chi connectivity index (χ1v) is 4.90. The van der Waals surface area contributed by atoms with Crippen molar-refractivity contribution in [2.75, 3.05) is 12.5 Å². The number of nitriles is 1. The summed E-state index contributed by atoms with van der Waals surface area (Å²) < 4.78 is 5.24. The van der Waals surface area contributed by atoms with Gasteiger partial charge in [0.15, 0.2) is 0 Å². The summed E-state index contributed by atoms with van der Waals surface area (Å²) in [5, 5.41) is 8.89. The quantitative estimate of drug-likeness (QED) is 0.590. The van der Waals surface area contributed by atoms with E-state index in [1.54, 1.807) is 12.1 Å². The first-order valence-electron chi connectivity index (χ1n) is 3.99. The van der Waals surface area contributed by atoms with Gasteiger partial charge in [0, 0.05) is 5.56 Å². The highest BCUT2D eigenvalue weighted by molar-refractivity contribution is 6.29. The second kappa shape index (κ2) is 5.69. The maximum Gasteiger partial charge on any atom is 0.219 e. The molecular formula is C9H8Cl2N2O. The predicted molar refractivity (Wildman–Crippen MR) is 54.8 cm³/mol. The van der Waals surface area contributed by atoms with Crippen molar-refractivity contribution in [2.24, 2.45) is 0 Å². The molecule has 3 nitrogen and oxygen atoms in total. The lowest BCUT2D eigenvalue weighted by Gasteiger charge is -2.06. The SMILES string of the molecule is N#CCc1ccc(Cl)nc1OCCCl. The Morgan fingerprint density at radius 1 is 1.50 bits per heavy atom. The minimum Gasteiger partial charge on any atom is -0.476 e. The molecular weight excluding hydrogens is 223 g/mol. The Morgan fingerprint density at radius 3 is 2.93 bits per heavy atom. The number of aromatic nitrogens is 1.